The van der Waals surface area contributed by atoms with E-state index in [4.69, 9.17) is 21.3 Å². The molecular weight excluding hydrogens is 526 g/mol. The number of methoxy groups -OCH3 is 1. The van der Waals surface area contributed by atoms with E-state index in [-0.39, 0.29) is 17.7 Å². The van der Waals surface area contributed by atoms with Crippen molar-refractivity contribution in [1.82, 2.24) is 15.5 Å². The average molecular weight is 574 g/mol. The van der Waals surface area contributed by atoms with E-state index in [2.05, 4.69) is 64.6 Å². The van der Waals surface area contributed by atoms with E-state index < -0.39 is 16.5 Å². The molecule has 3 N–H and O–H groups in total. The molecule has 1 aromatic carbocycles. The van der Waals surface area contributed by atoms with Crippen LogP contribution in [-0.2, 0) is 4.79 Å². The van der Waals surface area contributed by atoms with E-state index in [1.54, 1.807) is 13.3 Å². The van der Waals surface area contributed by atoms with Gasteiger partial charge in [0.25, 0.3) is 0 Å². The first-order valence-electron chi connectivity index (χ1n) is 14.3. The molecule has 1 fully saturated rings. The maximum absolute atomic E-state index is 12.5. The summed E-state index contributed by atoms with van der Waals surface area (Å²) in [5.41, 5.74) is 2.34. The van der Waals surface area contributed by atoms with Crippen molar-refractivity contribution in [3.63, 3.8) is 0 Å². The van der Waals surface area contributed by atoms with Crippen molar-refractivity contribution in [1.29, 1.82) is 0 Å². The molecule has 3 rings (SSSR count). The molecule has 0 bridgehead atoms. The van der Waals surface area contributed by atoms with Gasteiger partial charge in [0.15, 0.2) is 0 Å². The second-order valence-electron chi connectivity index (χ2n) is 11.5. The van der Waals surface area contributed by atoms with Gasteiger partial charge in [-0.05, 0) is 45.0 Å². The number of allylic oxidation sites excluding steroid dienone is 2. The van der Waals surface area contributed by atoms with E-state index in [9.17, 15) is 4.79 Å². The highest BCUT2D eigenvalue weighted by Gasteiger charge is 2.48. The first-order chi connectivity index (χ1) is 18.9. The summed E-state index contributed by atoms with van der Waals surface area (Å²) in [6.07, 6.45) is 3.31. The number of likely N-dealkylation sites (N-methyl/N-ethyl adjacent to an activating group) is 2. The molecule has 1 saturated heterocycles. The molecule has 1 aromatic rings. The van der Waals surface area contributed by atoms with Crippen LogP contribution in [0.1, 0.15) is 48.5 Å². The standard InChI is InChI=1S/C30H48ClN7O2/c1-10-22-25(29(5,6)27(39)34-22)20(4)18-32-26-30(7,31)19-33-28(36-26)35-23-14-13-21(17-24(23)40-9)37(8)15-16-38(11-2)12-3/h10,13-14,17,19-20,25-26,32H,11-12,15-16,18H2,1-9H3,(H,34,39)(H,35,36). The molecule has 2 aliphatic rings. The van der Waals surface area contributed by atoms with Gasteiger partial charge < -0.3 is 25.2 Å². The number of ether oxygens (including phenoxy) is 1. The Bertz CT molecular complexity index is 1130. The molecule has 9 nitrogen and oxygen atoms in total. The number of halogens is 1. The van der Waals surface area contributed by atoms with Gasteiger partial charge in [-0.1, -0.05) is 40.7 Å². The fourth-order valence-electron chi connectivity index (χ4n) is 5.54. The number of guanidine groups is 1. The summed E-state index contributed by atoms with van der Waals surface area (Å²) < 4.78 is 5.71. The number of carbonyl (C=O) groups excluding carboxylic acids is 1. The van der Waals surface area contributed by atoms with Gasteiger partial charge in [-0.15, -0.1) is 11.6 Å². The smallest absolute Gasteiger partial charge is 0.230 e. The molecule has 4 unspecified atom stereocenters. The third-order valence-corrected chi connectivity index (χ3v) is 8.52. The zero-order valence-corrected chi connectivity index (χ0v) is 26.4. The van der Waals surface area contributed by atoms with Crippen LogP contribution in [0.2, 0.25) is 0 Å². The molecule has 2 aliphatic heterocycles. The maximum Gasteiger partial charge on any atom is 0.230 e. The molecule has 2 heterocycles. The third-order valence-electron chi connectivity index (χ3n) is 8.21. The van der Waals surface area contributed by atoms with E-state index in [1.807, 2.05) is 45.9 Å². The minimum absolute atomic E-state index is 0.0592. The molecular formula is C30H48ClN7O2. The average Bonchev–Trinajstić information content (AvgIpc) is 3.16. The van der Waals surface area contributed by atoms with Gasteiger partial charge in [-0.3, -0.25) is 10.1 Å². The first-order valence-corrected chi connectivity index (χ1v) is 14.7. The van der Waals surface area contributed by atoms with Gasteiger partial charge >= 0.3 is 0 Å². The lowest BCUT2D eigenvalue weighted by Crippen LogP contribution is -2.50. The highest BCUT2D eigenvalue weighted by Crippen LogP contribution is 2.42. The lowest BCUT2D eigenvalue weighted by atomic mass is 9.73. The van der Waals surface area contributed by atoms with Crippen LogP contribution < -0.4 is 25.6 Å². The normalized spacial score (nSPS) is 25.6. The molecule has 0 spiro atoms. The number of anilines is 2. The summed E-state index contributed by atoms with van der Waals surface area (Å²) in [4.78, 5) is 25.7. The van der Waals surface area contributed by atoms with E-state index in [0.29, 0.717) is 18.3 Å². The summed E-state index contributed by atoms with van der Waals surface area (Å²) in [5.74, 6) is 1.47. The lowest BCUT2D eigenvalue weighted by molar-refractivity contribution is -0.127. The third kappa shape index (κ3) is 7.17. The number of hydrogen-bond acceptors (Lipinski definition) is 8. The number of hydrogen-bond donors (Lipinski definition) is 3. The summed E-state index contributed by atoms with van der Waals surface area (Å²) in [7, 11) is 3.76. The van der Waals surface area contributed by atoms with Crippen molar-refractivity contribution in [2.75, 3.05) is 57.1 Å². The number of alkyl halides is 1. The Balaban J connectivity index is 1.71. The van der Waals surface area contributed by atoms with Crippen LogP contribution in [-0.4, -0.2) is 80.9 Å². The van der Waals surface area contributed by atoms with Crippen LogP contribution in [0.25, 0.3) is 0 Å². The molecule has 0 aromatic heterocycles. The fourth-order valence-corrected chi connectivity index (χ4v) is 5.71. The summed E-state index contributed by atoms with van der Waals surface area (Å²) in [6, 6.07) is 6.09. The quantitative estimate of drug-likeness (QED) is 0.318. The Morgan fingerprint density at radius 3 is 2.55 bits per heavy atom. The Labute approximate surface area is 245 Å². The first kappa shape index (κ1) is 31.9. The van der Waals surface area contributed by atoms with E-state index in [1.165, 1.54) is 0 Å². The van der Waals surface area contributed by atoms with Crippen LogP contribution >= 0.6 is 11.6 Å². The van der Waals surface area contributed by atoms with Gasteiger partial charge in [0.1, 0.15) is 16.8 Å². The minimum atomic E-state index is -0.797. The van der Waals surface area contributed by atoms with Crippen LogP contribution in [0, 0.1) is 17.3 Å². The Kier molecular flexibility index (Phi) is 10.7. The Morgan fingerprint density at radius 1 is 1.23 bits per heavy atom. The summed E-state index contributed by atoms with van der Waals surface area (Å²) in [5, 5.41) is 9.89. The van der Waals surface area contributed by atoms with Crippen LogP contribution in [0.5, 0.6) is 5.75 Å². The van der Waals surface area contributed by atoms with Crippen molar-refractivity contribution in [2.45, 2.75) is 59.5 Å². The molecule has 0 radical (unpaired) electrons. The molecule has 222 valence electrons. The van der Waals surface area contributed by atoms with Gasteiger partial charge in [-0.25, -0.2) is 9.98 Å². The van der Waals surface area contributed by atoms with Crippen molar-refractivity contribution >= 4 is 41.1 Å². The van der Waals surface area contributed by atoms with Gasteiger partial charge in [0.05, 0.1) is 18.2 Å². The number of nitrogens with zero attached hydrogens (tertiary/aromatic N) is 4. The number of rotatable bonds is 12. The van der Waals surface area contributed by atoms with Gasteiger partial charge in [0, 0.05) is 56.3 Å². The van der Waals surface area contributed by atoms with Crippen molar-refractivity contribution in [2.24, 2.45) is 27.2 Å². The monoisotopic (exact) mass is 573 g/mol. The molecule has 10 heteroatoms. The number of carbonyl (C=O) groups is 1. The molecule has 0 aliphatic carbocycles. The largest absolute Gasteiger partial charge is 0.494 e. The zero-order valence-electron chi connectivity index (χ0n) is 25.6. The van der Waals surface area contributed by atoms with Crippen LogP contribution in [0.4, 0.5) is 11.4 Å². The lowest BCUT2D eigenvalue weighted by Gasteiger charge is -2.34. The zero-order chi connectivity index (χ0) is 29.7. The van der Waals surface area contributed by atoms with Gasteiger partial charge in [-0.2, -0.15) is 0 Å². The molecule has 4 atom stereocenters. The topological polar surface area (TPSA) is 93.6 Å². The number of benzene rings is 1. The van der Waals surface area contributed by atoms with Crippen molar-refractivity contribution < 1.29 is 9.53 Å². The Morgan fingerprint density at radius 2 is 1.93 bits per heavy atom. The number of nitrogens with one attached hydrogen (secondary N) is 3. The maximum atomic E-state index is 12.5. The van der Waals surface area contributed by atoms with Crippen LogP contribution in [0.3, 0.4) is 0 Å². The van der Waals surface area contributed by atoms with Crippen molar-refractivity contribution in [3.05, 3.63) is 30.0 Å². The molecule has 40 heavy (non-hydrogen) atoms. The van der Waals surface area contributed by atoms with Gasteiger partial charge in [0.2, 0.25) is 11.9 Å². The predicted molar refractivity (Wildman–Crippen MR) is 168 cm³/mol. The highest BCUT2D eigenvalue weighted by molar-refractivity contribution is 6.33. The number of aliphatic imine (C=N–C) groups is 2. The highest BCUT2D eigenvalue weighted by atomic mass is 35.5. The fraction of sp³-hybridized carbons (Fsp3) is 0.633. The molecule has 1 amide bonds. The SMILES string of the molecule is CC=C1NC(=O)C(C)(C)C1C(C)CNC1N=C(Nc2ccc(N(C)CCN(CC)CC)cc2OC)N=CC1(C)Cl. The van der Waals surface area contributed by atoms with E-state index >= 15 is 0 Å². The summed E-state index contributed by atoms with van der Waals surface area (Å²) >= 11 is 6.81. The minimum Gasteiger partial charge on any atom is -0.494 e. The molecule has 0 saturated carbocycles. The predicted octanol–water partition coefficient (Wildman–Crippen LogP) is 4.55. The van der Waals surface area contributed by atoms with Crippen LogP contribution in [0.15, 0.2) is 40.0 Å². The Hall–Kier alpha value is -2.62. The second kappa shape index (κ2) is 13.4. The summed E-state index contributed by atoms with van der Waals surface area (Å²) in [6.45, 7) is 19.0. The second-order valence-corrected chi connectivity index (χ2v) is 12.3. The number of amides is 1. The van der Waals surface area contributed by atoms with Crippen molar-refractivity contribution in [3.8, 4) is 5.75 Å². The van der Waals surface area contributed by atoms with E-state index in [0.717, 1.165) is 43.3 Å².